The van der Waals surface area contributed by atoms with Gasteiger partial charge in [0.15, 0.2) is 5.82 Å². The number of benzene rings is 2. The number of nitrogens with one attached hydrogen (secondary N) is 1. The summed E-state index contributed by atoms with van der Waals surface area (Å²) in [6.07, 6.45) is 0. The number of halogens is 3. The van der Waals surface area contributed by atoms with Gasteiger partial charge in [-0.25, -0.2) is 4.39 Å². The van der Waals surface area contributed by atoms with Crippen LogP contribution in [0.5, 0.6) is 0 Å². The van der Waals surface area contributed by atoms with Crippen molar-refractivity contribution in [1.29, 1.82) is 0 Å². The molecule has 0 aliphatic carbocycles. The first kappa shape index (κ1) is 14.5. The Kier molecular flexibility index (Phi) is 4.61. The summed E-state index contributed by atoms with van der Waals surface area (Å²) in [5.41, 5.74) is 2.42. The van der Waals surface area contributed by atoms with E-state index in [0.717, 1.165) is 11.1 Å². The topological polar surface area (TPSA) is 12.0 Å². The van der Waals surface area contributed by atoms with Crippen LogP contribution in [0.4, 0.5) is 4.39 Å². The van der Waals surface area contributed by atoms with Crippen LogP contribution in [-0.4, -0.2) is 7.05 Å². The highest BCUT2D eigenvalue weighted by atomic mass is 79.9. The van der Waals surface area contributed by atoms with Crippen molar-refractivity contribution in [3.63, 3.8) is 0 Å². The van der Waals surface area contributed by atoms with Crippen molar-refractivity contribution in [2.45, 2.75) is 13.0 Å². The summed E-state index contributed by atoms with van der Waals surface area (Å²) >= 11 is 9.19. The molecule has 0 aliphatic rings. The molecule has 1 atom stereocenters. The maximum atomic E-state index is 14.3. The molecule has 0 aliphatic heterocycles. The van der Waals surface area contributed by atoms with Gasteiger partial charge < -0.3 is 5.32 Å². The van der Waals surface area contributed by atoms with Crippen LogP contribution in [0.1, 0.15) is 18.5 Å². The first-order valence-electron chi connectivity index (χ1n) is 5.96. The van der Waals surface area contributed by atoms with E-state index in [4.69, 9.17) is 11.6 Å². The number of hydrogen-bond acceptors (Lipinski definition) is 1. The fourth-order valence-electron chi connectivity index (χ4n) is 2.01. The molecule has 2 aromatic rings. The highest BCUT2D eigenvalue weighted by molar-refractivity contribution is 9.10. The van der Waals surface area contributed by atoms with Crippen molar-refractivity contribution < 1.29 is 4.39 Å². The van der Waals surface area contributed by atoms with Crippen molar-refractivity contribution in [2.24, 2.45) is 0 Å². The Morgan fingerprint density at radius 2 is 1.84 bits per heavy atom. The molecule has 0 amide bonds. The van der Waals surface area contributed by atoms with E-state index in [-0.39, 0.29) is 11.1 Å². The minimum absolute atomic E-state index is 0.115. The van der Waals surface area contributed by atoms with E-state index < -0.39 is 5.82 Å². The Hall–Kier alpha value is -0.900. The van der Waals surface area contributed by atoms with E-state index in [0.29, 0.717) is 10.0 Å². The monoisotopic (exact) mass is 341 g/mol. The Balaban J connectivity index is 2.63. The molecule has 0 saturated carbocycles. The molecule has 19 heavy (non-hydrogen) atoms. The lowest BCUT2D eigenvalue weighted by Crippen LogP contribution is -2.13. The molecule has 1 unspecified atom stereocenters. The summed E-state index contributed by atoms with van der Waals surface area (Å²) < 4.78 is 14.9. The minimum Gasteiger partial charge on any atom is -0.313 e. The van der Waals surface area contributed by atoms with Crippen molar-refractivity contribution in [2.75, 3.05) is 7.05 Å². The largest absolute Gasteiger partial charge is 0.313 e. The Labute approximate surface area is 125 Å². The van der Waals surface area contributed by atoms with Crippen molar-refractivity contribution in [1.82, 2.24) is 5.32 Å². The van der Waals surface area contributed by atoms with Crippen LogP contribution in [0.15, 0.2) is 40.9 Å². The highest BCUT2D eigenvalue weighted by Crippen LogP contribution is 2.35. The van der Waals surface area contributed by atoms with Gasteiger partial charge in [-0.1, -0.05) is 41.9 Å². The minimum atomic E-state index is -0.396. The van der Waals surface area contributed by atoms with Crippen LogP contribution < -0.4 is 5.32 Å². The zero-order chi connectivity index (χ0) is 14.0. The van der Waals surface area contributed by atoms with Crippen molar-refractivity contribution >= 4 is 27.5 Å². The molecule has 0 spiro atoms. The molecule has 0 aromatic heterocycles. The lowest BCUT2D eigenvalue weighted by atomic mass is 9.95. The van der Waals surface area contributed by atoms with Crippen LogP contribution in [0, 0.1) is 5.82 Å². The fourth-order valence-corrected chi connectivity index (χ4v) is 2.48. The van der Waals surface area contributed by atoms with Gasteiger partial charge in [0.2, 0.25) is 0 Å². The molecule has 1 nitrogen and oxygen atoms in total. The average molecular weight is 343 g/mol. The zero-order valence-corrected chi connectivity index (χ0v) is 13.0. The first-order chi connectivity index (χ1) is 9.06. The second-order valence-corrected chi connectivity index (χ2v) is 5.55. The third-order valence-electron chi connectivity index (χ3n) is 3.19. The lowest BCUT2D eigenvalue weighted by molar-refractivity contribution is 0.627. The molecule has 1 N–H and O–H groups in total. The lowest BCUT2D eigenvalue weighted by Gasteiger charge is -2.17. The third-order valence-corrected chi connectivity index (χ3v) is 4.44. The molecule has 0 fully saturated rings. The van der Waals surface area contributed by atoms with Gasteiger partial charge in [0.25, 0.3) is 0 Å². The first-order valence-corrected chi connectivity index (χ1v) is 7.13. The molecular formula is C15H14BrClFN. The maximum absolute atomic E-state index is 14.3. The van der Waals surface area contributed by atoms with Gasteiger partial charge in [0.05, 0.1) is 5.02 Å². The highest BCUT2D eigenvalue weighted by Gasteiger charge is 2.16. The van der Waals surface area contributed by atoms with Gasteiger partial charge in [-0.2, -0.15) is 0 Å². The second-order valence-electron chi connectivity index (χ2n) is 4.32. The predicted molar refractivity (Wildman–Crippen MR) is 82.0 cm³/mol. The predicted octanol–water partition coefficient (Wildman–Crippen LogP) is 5.19. The molecule has 100 valence electrons. The van der Waals surface area contributed by atoms with Crippen LogP contribution in [0.3, 0.4) is 0 Å². The second kappa shape index (κ2) is 6.04. The van der Waals surface area contributed by atoms with E-state index in [1.165, 1.54) is 0 Å². The standard InChI is InChI=1S/C15H14BrClFN/c1-9(19-2)10-5-3-4-6-11(10)12-7-8-13(16)14(17)15(12)18/h3-9,19H,1-2H3. The molecule has 0 bridgehead atoms. The summed E-state index contributed by atoms with van der Waals surface area (Å²) in [6.45, 7) is 2.04. The van der Waals surface area contributed by atoms with Gasteiger partial charge in [-0.15, -0.1) is 0 Å². The van der Waals surface area contributed by atoms with E-state index in [2.05, 4.69) is 21.2 Å². The van der Waals surface area contributed by atoms with Gasteiger partial charge >= 0.3 is 0 Å². The Morgan fingerprint density at radius 3 is 2.53 bits per heavy atom. The summed E-state index contributed by atoms with van der Waals surface area (Å²) in [5, 5.41) is 3.29. The van der Waals surface area contributed by atoms with E-state index in [9.17, 15) is 4.39 Å². The van der Waals surface area contributed by atoms with Crippen LogP contribution in [0.25, 0.3) is 11.1 Å². The van der Waals surface area contributed by atoms with Gasteiger partial charge in [0.1, 0.15) is 0 Å². The maximum Gasteiger partial charge on any atom is 0.150 e. The van der Waals surface area contributed by atoms with Crippen molar-refractivity contribution in [3.05, 3.63) is 57.3 Å². The SMILES string of the molecule is CNC(C)c1ccccc1-c1ccc(Br)c(Cl)c1F. The molecule has 0 radical (unpaired) electrons. The number of hydrogen-bond donors (Lipinski definition) is 1. The van der Waals surface area contributed by atoms with E-state index in [1.54, 1.807) is 12.1 Å². The van der Waals surface area contributed by atoms with Gasteiger partial charge in [-0.05, 0) is 47.1 Å². The smallest absolute Gasteiger partial charge is 0.150 e. The van der Waals surface area contributed by atoms with Crippen LogP contribution in [-0.2, 0) is 0 Å². The molecular weight excluding hydrogens is 329 g/mol. The van der Waals surface area contributed by atoms with Gasteiger partial charge in [0, 0.05) is 16.1 Å². The zero-order valence-electron chi connectivity index (χ0n) is 10.7. The summed E-state index contributed by atoms with van der Waals surface area (Å²) in [5.74, 6) is -0.396. The molecule has 2 aromatic carbocycles. The third kappa shape index (κ3) is 2.83. The van der Waals surface area contributed by atoms with Crippen molar-refractivity contribution in [3.8, 4) is 11.1 Å². The number of rotatable bonds is 3. The van der Waals surface area contributed by atoms with E-state index >= 15 is 0 Å². The summed E-state index contributed by atoms with van der Waals surface area (Å²) in [4.78, 5) is 0. The fraction of sp³-hybridized carbons (Fsp3) is 0.200. The molecule has 0 heterocycles. The van der Waals surface area contributed by atoms with E-state index in [1.807, 2.05) is 38.2 Å². The average Bonchev–Trinajstić information content (AvgIpc) is 2.44. The Bertz CT molecular complexity index is 601. The molecule has 4 heteroatoms. The molecule has 2 rings (SSSR count). The van der Waals surface area contributed by atoms with Gasteiger partial charge in [-0.3, -0.25) is 0 Å². The van der Waals surface area contributed by atoms with Crippen LogP contribution >= 0.6 is 27.5 Å². The summed E-state index contributed by atoms with van der Waals surface area (Å²) in [6, 6.07) is 11.4. The summed E-state index contributed by atoms with van der Waals surface area (Å²) in [7, 11) is 1.88. The quantitative estimate of drug-likeness (QED) is 0.757. The van der Waals surface area contributed by atoms with Crippen LogP contribution in [0.2, 0.25) is 5.02 Å². The Morgan fingerprint density at radius 1 is 1.16 bits per heavy atom. The normalized spacial score (nSPS) is 12.5. The molecule has 0 saturated heterocycles.